The van der Waals surface area contributed by atoms with E-state index in [4.69, 9.17) is 14.2 Å². The summed E-state index contributed by atoms with van der Waals surface area (Å²) in [7, 11) is 0. The van der Waals surface area contributed by atoms with Crippen molar-refractivity contribution < 1.29 is 49.6 Å². The van der Waals surface area contributed by atoms with Gasteiger partial charge in [-0.1, -0.05) is 18.2 Å². The molecular weight excluding hydrogens is 426 g/mol. The number of benzene rings is 1. The van der Waals surface area contributed by atoms with Crippen LogP contribution in [-0.2, 0) is 14.2 Å². The quantitative estimate of drug-likeness (QED) is 0.214. The molecule has 2 fully saturated rings. The average molecular weight is 451 g/mol. The van der Waals surface area contributed by atoms with Crippen LogP contribution in [0.5, 0.6) is 0 Å². The van der Waals surface area contributed by atoms with E-state index in [2.05, 4.69) is 0 Å². The van der Waals surface area contributed by atoms with Gasteiger partial charge < -0.3 is 44.8 Å². The highest BCUT2D eigenvalue weighted by Gasteiger charge is 2.48. The summed E-state index contributed by atoms with van der Waals surface area (Å²) in [6, 6.07) is 9.67. The molecule has 0 aromatic heterocycles. The lowest BCUT2D eigenvalue weighted by atomic mass is 9.84. The molecule has 0 bridgehead atoms. The molecule has 0 unspecified atom stereocenters. The molecule has 11 heteroatoms. The maximum Gasteiger partial charge on any atom is 0.338 e. The Morgan fingerprint density at radius 3 is 2.41 bits per heavy atom. The second-order valence-electron chi connectivity index (χ2n) is 7.58. The van der Waals surface area contributed by atoms with Gasteiger partial charge in [-0.15, -0.1) is 0 Å². The van der Waals surface area contributed by atoms with Crippen molar-refractivity contribution in [2.75, 3.05) is 6.61 Å². The van der Waals surface area contributed by atoms with Crippen molar-refractivity contribution >= 4 is 5.97 Å². The Hall–Kier alpha value is -2.40. The molecule has 1 aliphatic heterocycles. The van der Waals surface area contributed by atoms with E-state index in [-0.39, 0.29) is 17.6 Å². The van der Waals surface area contributed by atoms with E-state index in [1.807, 2.05) is 0 Å². The van der Waals surface area contributed by atoms with Gasteiger partial charge in [0.05, 0.1) is 30.4 Å². The molecule has 9 atom stereocenters. The third kappa shape index (κ3) is 4.98. The first kappa shape index (κ1) is 24.2. The van der Waals surface area contributed by atoms with Gasteiger partial charge in [0, 0.05) is 18.1 Å². The van der Waals surface area contributed by atoms with E-state index in [1.54, 1.807) is 24.3 Å². The maximum absolute atomic E-state index is 12.5. The first-order valence-electron chi connectivity index (χ1n) is 9.96. The number of hydrogen-bond donors (Lipinski definition) is 6. The number of nitrogens with zero attached hydrogens (tertiary/aromatic N) is 1. The molecule has 0 radical (unpaired) electrons. The van der Waals surface area contributed by atoms with Gasteiger partial charge in [0.25, 0.3) is 0 Å². The first-order chi connectivity index (χ1) is 15.3. The summed E-state index contributed by atoms with van der Waals surface area (Å²) >= 11 is 0. The third-order valence-corrected chi connectivity index (χ3v) is 5.48. The van der Waals surface area contributed by atoms with Crippen molar-refractivity contribution in [3.63, 3.8) is 0 Å². The van der Waals surface area contributed by atoms with Crippen molar-refractivity contribution in [3.8, 4) is 6.07 Å². The number of rotatable bonds is 5. The Morgan fingerprint density at radius 1 is 1.09 bits per heavy atom. The minimum atomic E-state index is -1.72. The average Bonchev–Trinajstić information content (AvgIpc) is 2.80. The number of hydrogen-bond acceptors (Lipinski definition) is 11. The fraction of sp³-hybridized carbons (Fsp3) is 0.524. The Bertz CT molecular complexity index is 854. The van der Waals surface area contributed by atoms with Gasteiger partial charge >= 0.3 is 5.97 Å². The van der Waals surface area contributed by atoms with Crippen LogP contribution in [-0.4, -0.2) is 98.3 Å². The minimum absolute atomic E-state index is 0.00606. The molecule has 6 N–H and O–H groups in total. The molecule has 1 aliphatic carbocycles. The molecule has 0 spiro atoms. The lowest BCUT2D eigenvalue weighted by Crippen LogP contribution is -2.60. The molecule has 2 aliphatic rings. The van der Waals surface area contributed by atoms with E-state index in [0.717, 1.165) is 6.08 Å². The number of ether oxygens (including phenoxy) is 3. The highest BCUT2D eigenvalue weighted by atomic mass is 16.7. The number of allylic oxidation sites excluding steroid dienone is 1. The Morgan fingerprint density at radius 2 is 1.78 bits per heavy atom. The van der Waals surface area contributed by atoms with Crippen molar-refractivity contribution in [2.45, 2.75) is 61.5 Å². The van der Waals surface area contributed by atoms with Crippen LogP contribution in [0.25, 0.3) is 0 Å². The normalized spacial score (nSPS) is 38.8. The van der Waals surface area contributed by atoms with Gasteiger partial charge in [0.1, 0.15) is 30.5 Å². The molecule has 174 valence electrons. The van der Waals surface area contributed by atoms with E-state index in [9.17, 15) is 40.7 Å². The fourth-order valence-corrected chi connectivity index (χ4v) is 3.70. The lowest BCUT2D eigenvalue weighted by Gasteiger charge is -2.43. The van der Waals surface area contributed by atoms with Gasteiger partial charge in [-0.05, 0) is 12.1 Å². The second kappa shape index (κ2) is 10.5. The van der Waals surface area contributed by atoms with Crippen LogP contribution >= 0.6 is 0 Å². The molecule has 1 saturated heterocycles. The third-order valence-electron chi connectivity index (χ3n) is 5.48. The summed E-state index contributed by atoms with van der Waals surface area (Å²) in [5.41, 5.74) is 0.189. The zero-order valence-corrected chi connectivity index (χ0v) is 16.8. The molecule has 11 nitrogen and oxygen atoms in total. The predicted octanol–water partition coefficient (Wildman–Crippen LogP) is -2.03. The Labute approximate surface area is 183 Å². The van der Waals surface area contributed by atoms with Crippen LogP contribution in [0.3, 0.4) is 0 Å². The Kier molecular flexibility index (Phi) is 7.94. The number of esters is 1. The Balaban J connectivity index is 1.83. The highest BCUT2D eigenvalue weighted by molar-refractivity contribution is 5.89. The topological polar surface area (TPSA) is 190 Å². The molecule has 1 saturated carbocycles. The van der Waals surface area contributed by atoms with Crippen molar-refractivity contribution in [1.29, 1.82) is 5.26 Å². The van der Waals surface area contributed by atoms with Crippen LogP contribution in [0.2, 0.25) is 0 Å². The maximum atomic E-state index is 12.5. The van der Waals surface area contributed by atoms with Gasteiger partial charge in [-0.25, -0.2) is 4.79 Å². The minimum Gasteiger partial charge on any atom is -0.451 e. The second-order valence-corrected chi connectivity index (χ2v) is 7.58. The molecule has 0 amide bonds. The number of carbonyl (C=O) groups is 1. The first-order valence-corrected chi connectivity index (χ1v) is 9.96. The molecule has 1 aromatic carbocycles. The van der Waals surface area contributed by atoms with Crippen LogP contribution in [0.4, 0.5) is 0 Å². The highest BCUT2D eigenvalue weighted by Crippen LogP contribution is 2.33. The largest absolute Gasteiger partial charge is 0.451 e. The summed E-state index contributed by atoms with van der Waals surface area (Å²) in [4.78, 5) is 12.5. The molecule has 1 heterocycles. The summed E-state index contributed by atoms with van der Waals surface area (Å²) in [6.45, 7) is -0.672. The van der Waals surface area contributed by atoms with E-state index >= 15 is 0 Å². The number of nitriles is 1. The van der Waals surface area contributed by atoms with Crippen molar-refractivity contribution in [3.05, 3.63) is 47.5 Å². The van der Waals surface area contributed by atoms with Crippen molar-refractivity contribution in [1.82, 2.24) is 0 Å². The van der Waals surface area contributed by atoms with E-state index in [1.165, 1.54) is 12.1 Å². The smallest absolute Gasteiger partial charge is 0.338 e. The predicted molar refractivity (Wildman–Crippen MR) is 105 cm³/mol. The summed E-state index contributed by atoms with van der Waals surface area (Å²) in [5.74, 6) is -0.806. The zero-order chi connectivity index (χ0) is 23.4. The van der Waals surface area contributed by atoms with Crippen LogP contribution in [0.15, 0.2) is 42.0 Å². The standard InChI is InChI=1S/C21H25NO10/c22-7-6-11-13(30-21-18(28)17(27)16(26)14(9-23)31-21)8-12(24)15(25)19(11)32-20(29)10-4-2-1-3-5-10/h1-6,12-19,21,23-28H,8-9H2/b11-6+/t12-,13+,14+,15-,16+,17-,18+,19-,21+/m0/s1. The number of aliphatic hydroxyl groups excluding tert-OH is 6. The number of carbonyl (C=O) groups excluding carboxylic acids is 1. The lowest BCUT2D eigenvalue weighted by molar-refractivity contribution is -0.312. The van der Waals surface area contributed by atoms with Crippen LogP contribution in [0.1, 0.15) is 16.8 Å². The summed E-state index contributed by atoms with van der Waals surface area (Å²) in [5, 5.41) is 69.4. The SMILES string of the molecule is N#C/C=C1\[C@H](O[C@@H]2O[C@H](CO)[C@@H](O)[C@H](O)[C@H]2O)C[C@H](O)[C@H](O)[C@H]1OC(=O)c1ccccc1. The van der Waals surface area contributed by atoms with Gasteiger partial charge in [0.2, 0.25) is 0 Å². The fourth-order valence-electron chi connectivity index (χ4n) is 3.70. The van der Waals surface area contributed by atoms with E-state index in [0.29, 0.717) is 0 Å². The van der Waals surface area contributed by atoms with Gasteiger partial charge in [-0.3, -0.25) is 0 Å². The van der Waals surface area contributed by atoms with Gasteiger partial charge in [0.15, 0.2) is 12.4 Å². The van der Waals surface area contributed by atoms with E-state index < -0.39 is 67.7 Å². The van der Waals surface area contributed by atoms with Crippen LogP contribution < -0.4 is 0 Å². The van der Waals surface area contributed by atoms with Crippen LogP contribution in [0, 0.1) is 11.3 Å². The monoisotopic (exact) mass is 451 g/mol. The van der Waals surface area contributed by atoms with Crippen molar-refractivity contribution in [2.24, 2.45) is 0 Å². The molecule has 32 heavy (non-hydrogen) atoms. The van der Waals surface area contributed by atoms with Gasteiger partial charge in [-0.2, -0.15) is 5.26 Å². The summed E-state index contributed by atoms with van der Waals surface area (Å²) in [6.07, 6.45) is -12.6. The zero-order valence-electron chi connectivity index (χ0n) is 16.8. The number of aliphatic hydroxyl groups is 6. The summed E-state index contributed by atoms with van der Waals surface area (Å²) < 4.78 is 16.3. The molecule has 1 aromatic rings. The molecular formula is C21H25NO10. The molecule has 3 rings (SSSR count).